The molecule has 0 spiro atoms. The normalized spacial score (nSPS) is 27.3. The minimum Gasteiger partial charge on any atom is -0.480 e. The smallest absolute Gasteiger partial charge is 0.326 e. The van der Waals surface area contributed by atoms with Gasteiger partial charge in [0.05, 0.1) is 0 Å². The van der Waals surface area contributed by atoms with E-state index in [2.05, 4.69) is 5.32 Å². The molecule has 0 bridgehead atoms. The first-order valence-electron chi connectivity index (χ1n) is 5.83. The van der Waals surface area contributed by atoms with Crippen LogP contribution in [0.1, 0.15) is 39.0 Å². The van der Waals surface area contributed by atoms with E-state index in [-0.39, 0.29) is 11.6 Å². The molecule has 2 aliphatic rings. The Kier molecular flexibility index (Phi) is 2.78. The molecule has 0 radical (unpaired) electrons. The van der Waals surface area contributed by atoms with E-state index in [1.54, 1.807) is 0 Å². The minimum atomic E-state index is -0.897. The molecule has 1 aliphatic heterocycles. The second kappa shape index (κ2) is 3.96. The maximum Gasteiger partial charge on any atom is 0.326 e. The summed E-state index contributed by atoms with van der Waals surface area (Å²) in [5.74, 6) is -0.897. The van der Waals surface area contributed by atoms with Crippen LogP contribution in [-0.2, 0) is 4.79 Å². The summed E-state index contributed by atoms with van der Waals surface area (Å²) in [7, 11) is 0. The third-order valence-electron chi connectivity index (χ3n) is 3.66. The summed E-state index contributed by atoms with van der Waals surface area (Å²) in [6, 6.07) is -0.851. The van der Waals surface area contributed by atoms with Gasteiger partial charge in [-0.25, -0.2) is 9.59 Å². The average molecular weight is 226 g/mol. The van der Waals surface area contributed by atoms with E-state index in [1.807, 2.05) is 6.92 Å². The standard InChI is InChI=1S/C11H18N2O3/c1-11(5-3-6-11)12-10(16)13-7-2-4-8(13)9(14)15/h8H,2-7H2,1H3,(H,12,16)(H,14,15). The number of carbonyl (C=O) groups is 2. The molecule has 16 heavy (non-hydrogen) atoms. The van der Waals surface area contributed by atoms with Gasteiger partial charge in [-0.1, -0.05) is 0 Å². The lowest BCUT2D eigenvalue weighted by atomic mass is 9.79. The highest BCUT2D eigenvalue weighted by molar-refractivity contribution is 5.83. The monoisotopic (exact) mass is 226 g/mol. The van der Waals surface area contributed by atoms with Crippen molar-refractivity contribution in [2.75, 3.05) is 6.54 Å². The second-order valence-corrected chi connectivity index (χ2v) is 5.03. The van der Waals surface area contributed by atoms with Gasteiger partial charge in [-0.05, 0) is 39.0 Å². The number of carbonyl (C=O) groups excluding carboxylic acids is 1. The van der Waals surface area contributed by atoms with Gasteiger partial charge in [-0.15, -0.1) is 0 Å². The molecule has 1 atom stereocenters. The predicted octanol–water partition coefficient (Wildman–Crippen LogP) is 1.19. The molecular formula is C11H18N2O3. The summed E-state index contributed by atoms with van der Waals surface area (Å²) >= 11 is 0. The molecule has 1 heterocycles. The van der Waals surface area contributed by atoms with Gasteiger partial charge in [0.25, 0.3) is 0 Å². The summed E-state index contributed by atoms with van der Waals surface area (Å²) in [4.78, 5) is 24.3. The van der Waals surface area contributed by atoms with Gasteiger partial charge in [-0.3, -0.25) is 0 Å². The van der Waals surface area contributed by atoms with Crippen LogP contribution in [0.5, 0.6) is 0 Å². The fourth-order valence-electron chi connectivity index (χ4n) is 2.43. The Balaban J connectivity index is 1.95. The minimum absolute atomic E-state index is 0.108. The van der Waals surface area contributed by atoms with Crippen molar-refractivity contribution in [3.05, 3.63) is 0 Å². The van der Waals surface area contributed by atoms with Crippen molar-refractivity contribution in [1.29, 1.82) is 0 Å². The molecule has 0 aromatic carbocycles. The number of hydrogen-bond donors (Lipinski definition) is 2. The molecule has 1 saturated carbocycles. The summed E-state index contributed by atoms with van der Waals surface area (Å²) in [5, 5.41) is 11.9. The average Bonchev–Trinajstić information content (AvgIpc) is 2.63. The van der Waals surface area contributed by atoms with Crippen molar-refractivity contribution in [2.45, 2.75) is 50.6 Å². The highest BCUT2D eigenvalue weighted by Crippen LogP contribution is 2.31. The molecule has 1 saturated heterocycles. The number of likely N-dealkylation sites (tertiary alicyclic amines) is 1. The van der Waals surface area contributed by atoms with Gasteiger partial charge in [0, 0.05) is 12.1 Å². The Bertz CT molecular complexity index is 312. The van der Waals surface area contributed by atoms with Gasteiger partial charge < -0.3 is 15.3 Å². The maximum atomic E-state index is 11.9. The first-order chi connectivity index (χ1) is 7.52. The van der Waals surface area contributed by atoms with Crippen molar-refractivity contribution in [2.24, 2.45) is 0 Å². The molecule has 2 rings (SSSR count). The zero-order valence-electron chi connectivity index (χ0n) is 9.53. The fraction of sp³-hybridized carbons (Fsp3) is 0.818. The van der Waals surface area contributed by atoms with Crippen LogP contribution in [-0.4, -0.2) is 40.1 Å². The van der Waals surface area contributed by atoms with E-state index in [0.717, 1.165) is 25.7 Å². The zero-order valence-corrected chi connectivity index (χ0v) is 9.53. The Morgan fingerprint density at radius 1 is 1.38 bits per heavy atom. The molecule has 1 aliphatic carbocycles. The maximum absolute atomic E-state index is 11.9. The number of carboxylic acid groups (broad SMARTS) is 1. The number of hydrogen-bond acceptors (Lipinski definition) is 2. The van der Waals surface area contributed by atoms with E-state index in [4.69, 9.17) is 5.11 Å². The number of urea groups is 1. The first-order valence-corrected chi connectivity index (χ1v) is 5.83. The number of amides is 2. The summed E-state index contributed by atoms with van der Waals surface area (Å²) in [5.41, 5.74) is -0.108. The second-order valence-electron chi connectivity index (χ2n) is 5.03. The van der Waals surface area contributed by atoms with E-state index in [9.17, 15) is 9.59 Å². The van der Waals surface area contributed by atoms with E-state index in [0.29, 0.717) is 13.0 Å². The van der Waals surface area contributed by atoms with Crippen LogP contribution >= 0.6 is 0 Å². The topological polar surface area (TPSA) is 69.6 Å². The predicted molar refractivity (Wildman–Crippen MR) is 58.2 cm³/mol. The molecule has 2 N–H and O–H groups in total. The molecule has 0 aromatic rings. The molecule has 0 aromatic heterocycles. The number of nitrogens with zero attached hydrogens (tertiary/aromatic N) is 1. The summed E-state index contributed by atoms with van der Waals surface area (Å²) < 4.78 is 0. The van der Waals surface area contributed by atoms with Crippen molar-refractivity contribution in [3.8, 4) is 0 Å². The Labute approximate surface area is 94.8 Å². The number of nitrogens with one attached hydrogen (secondary N) is 1. The lowest BCUT2D eigenvalue weighted by molar-refractivity contribution is -0.141. The van der Waals surface area contributed by atoms with Crippen LogP contribution in [0.3, 0.4) is 0 Å². The van der Waals surface area contributed by atoms with Crippen molar-refractivity contribution in [3.63, 3.8) is 0 Å². The third kappa shape index (κ3) is 1.99. The zero-order chi connectivity index (χ0) is 11.8. The fourth-order valence-corrected chi connectivity index (χ4v) is 2.43. The molecule has 90 valence electrons. The number of rotatable bonds is 2. The highest BCUT2D eigenvalue weighted by Gasteiger charge is 2.39. The Morgan fingerprint density at radius 3 is 2.56 bits per heavy atom. The number of aliphatic carboxylic acids is 1. The lowest BCUT2D eigenvalue weighted by Gasteiger charge is -2.40. The van der Waals surface area contributed by atoms with E-state index >= 15 is 0 Å². The Hall–Kier alpha value is -1.26. The number of carboxylic acids is 1. The van der Waals surface area contributed by atoms with Crippen LogP contribution in [0.15, 0.2) is 0 Å². The largest absolute Gasteiger partial charge is 0.480 e. The highest BCUT2D eigenvalue weighted by atomic mass is 16.4. The summed E-state index contributed by atoms with van der Waals surface area (Å²) in [6.45, 7) is 2.57. The van der Waals surface area contributed by atoms with Crippen LogP contribution in [0, 0.1) is 0 Å². The molecule has 1 unspecified atom stereocenters. The van der Waals surface area contributed by atoms with Gasteiger partial charge in [-0.2, -0.15) is 0 Å². The first kappa shape index (κ1) is 11.2. The van der Waals surface area contributed by atoms with Gasteiger partial charge in [0.1, 0.15) is 6.04 Å². The molecule has 5 heteroatoms. The van der Waals surface area contributed by atoms with E-state index in [1.165, 1.54) is 4.90 Å². The molecular weight excluding hydrogens is 208 g/mol. The van der Waals surface area contributed by atoms with Crippen LogP contribution in [0.2, 0.25) is 0 Å². The third-order valence-corrected chi connectivity index (χ3v) is 3.66. The van der Waals surface area contributed by atoms with Gasteiger partial charge in [0.15, 0.2) is 0 Å². The molecule has 2 fully saturated rings. The lowest BCUT2D eigenvalue weighted by Crippen LogP contribution is -2.56. The van der Waals surface area contributed by atoms with Crippen LogP contribution in [0.4, 0.5) is 4.79 Å². The summed E-state index contributed by atoms with van der Waals surface area (Å²) in [6.07, 6.45) is 4.47. The quantitative estimate of drug-likeness (QED) is 0.743. The molecule has 5 nitrogen and oxygen atoms in total. The van der Waals surface area contributed by atoms with Crippen molar-refractivity contribution >= 4 is 12.0 Å². The van der Waals surface area contributed by atoms with Gasteiger partial charge >= 0.3 is 12.0 Å². The van der Waals surface area contributed by atoms with Crippen molar-refractivity contribution in [1.82, 2.24) is 10.2 Å². The van der Waals surface area contributed by atoms with Crippen LogP contribution < -0.4 is 5.32 Å². The van der Waals surface area contributed by atoms with Gasteiger partial charge in [0.2, 0.25) is 0 Å². The van der Waals surface area contributed by atoms with Crippen molar-refractivity contribution < 1.29 is 14.7 Å². The molecule has 2 amide bonds. The Morgan fingerprint density at radius 2 is 2.06 bits per heavy atom. The van der Waals surface area contributed by atoms with Crippen LogP contribution in [0.25, 0.3) is 0 Å². The SMILES string of the molecule is CC1(NC(=O)N2CCCC2C(=O)O)CCC1. The van der Waals surface area contributed by atoms with E-state index < -0.39 is 12.0 Å².